The molecule has 0 heterocycles. The minimum absolute atomic E-state index is 0.0387. The van der Waals surface area contributed by atoms with Crippen molar-refractivity contribution in [3.8, 4) is 0 Å². The molecule has 7 heteroatoms. The zero-order chi connectivity index (χ0) is 12.2. The zero-order valence-electron chi connectivity index (χ0n) is 8.54. The van der Waals surface area contributed by atoms with Crippen molar-refractivity contribution in [3.05, 3.63) is 29.8 Å². The number of nitrogens with one attached hydrogen (secondary N) is 1. The molecule has 0 aromatic heterocycles. The van der Waals surface area contributed by atoms with Crippen LogP contribution in [0.2, 0.25) is 0 Å². The third-order valence-corrected chi connectivity index (χ3v) is 3.19. The first-order valence-electron chi connectivity index (χ1n) is 4.40. The molecule has 1 rings (SSSR count). The van der Waals surface area contributed by atoms with E-state index in [0.717, 1.165) is 12.1 Å². The van der Waals surface area contributed by atoms with E-state index in [1.165, 1.54) is 7.11 Å². The smallest absolute Gasteiger partial charge is 0.240 e. The second-order valence-electron chi connectivity index (χ2n) is 3.00. The van der Waals surface area contributed by atoms with Crippen LogP contribution in [-0.2, 0) is 14.8 Å². The summed E-state index contributed by atoms with van der Waals surface area (Å²) in [6.07, 6.45) is 0. The van der Waals surface area contributed by atoms with Crippen molar-refractivity contribution >= 4 is 10.0 Å². The lowest BCUT2D eigenvalue weighted by Gasteiger charge is -2.06. The van der Waals surface area contributed by atoms with Crippen LogP contribution in [-0.4, -0.2) is 28.7 Å². The van der Waals surface area contributed by atoms with Gasteiger partial charge in [0.25, 0.3) is 0 Å². The number of ether oxygens (including phenoxy) is 1. The fraction of sp³-hybridized carbons (Fsp3) is 0.333. The minimum atomic E-state index is -3.89. The molecule has 0 fully saturated rings. The Balaban J connectivity index is 2.89. The minimum Gasteiger partial charge on any atom is -0.383 e. The number of sulfonamides is 1. The van der Waals surface area contributed by atoms with E-state index >= 15 is 0 Å². The molecule has 16 heavy (non-hydrogen) atoms. The van der Waals surface area contributed by atoms with E-state index in [1.54, 1.807) is 0 Å². The Morgan fingerprint density at radius 1 is 1.25 bits per heavy atom. The van der Waals surface area contributed by atoms with Crippen LogP contribution in [0.4, 0.5) is 8.78 Å². The molecule has 0 bridgehead atoms. The third kappa shape index (κ3) is 3.51. The number of hydrogen-bond acceptors (Lipinski definition) is 3. The van der Waals surface area contributed by atoms with E-state index < -0.39 is 26.6 Å². The summed E-state index contributed by atoms with van der Waals surface area (Å²) in [5.74, 6) is -1.88. The van der Waals surface area contributed by atoms with Gasteiger partial charge in [0.15, 0.2) is 0 Å². The molecule has 90 valence electrons. The van der Waals surface area contributed by atoms with Gasteiger partial charge in [0.2, 0.25) is 10.0 Å². The van der Waals surface area contributed by atoms with Crippen LogP contribution in [0, 0.1) is 11.6 Å². The number of methoxy groups -OCH3 is 1. The van der Waals surface area contributed by atoms with Gasteiger partial charge < -0.3 is 4.74 Å². The van der Waals surface area contributed by atoms with Gasteiger partial charge in [-0.2, -0.15) is 0 Å². The Hall–Kier alpha value is -1.05. The van der Waals surface area contributed by atoms with Gasteiger partial charge in [-0.3, -0.25) is 0 Å². The molecule has 1 N–H and O–H groups in total. The first-order valence-corrected chi connectivity index (χ1v) is 5.89. The quantitative estimate of drug-likeness (QED) is 0.791. The molecule has 0 aliphatic heterocycles. The maximum atomic E-state index is 12.8. The monoisotopic (exact) mass is 251 g/mol. The van der Waals surface area contributed by atoms with Gasteiger partial charge in [-0.15, -0.1) is 0 Å². The highest BCUT2D eigenvalue weighted by molar-refractivity contribution is 7.89. The van der Waals surface area contributed by atoms with Crippen LogP contribution in [0.3, 0.4) is 0 Å². The lowest BCUT2D eigenvalue weighted by atomic mass is 10.3. The lowest BCUT2D eigenvalue weighted by molar-refractivity contribution is 0.204. The number of halogens is 2. The maximum absolute atomic E-state index is 12.8. The standard InChI is InChI=1S/C9H11F2NO3S/c1-15-3-2-12-16(13,14)9-5-7(10)4-8(11)6-9/h4-6,12H,2-3H2,1H3. The third-order valence-electron chi connectivity index (χ3n) is 1.74. The predicted octanol–water partition coefficient (Wildman–Crippen LogP) is 0.889. The molecule has 0 spiro atoms. The van der Waals surface area contributed by atoms with E-state index in [2.05, 4.69) is 9.46 Å². The van der Waals surface area contributed by atoms with E-state index in [1.807, 2.05) is 0 Å². The van der Waals surface area contributed by atoms with Crippen molar-refractivity contribution in [3.63, 3.8) is 0 Å². The number of rotatable bonds is 5. The fourth-order valence-corrected chi connectivity index (χ4v) is 2.10. The Morgan fingerprint density at radius 2 is 1.81 bits per heavy atom. The summed E-state index contributed by atoms with van der Waals surface area (Å²) in [4.78, 5) is -0.443. The Bertz CT molecular complexity index is 442. The van der Waals surface area contributed by atoms with Crippen LogP contribution >= 0.6 is 0 Å². The predicted molar refractivity (Wildman–Crippen MR) is 53.4 cm³/mol. The molecule has 0 aliphatic carbocycles. The lowest BCUT2D eigenvalue weighted by Crippen LogP contribution is -2.27. The first-order chi connectivity index (χ1) is 7.45. The van der Waals surface area contributed by atoms with E-state index in [9.17, 15) is 17.2 Å². The number of benzene rings is 1. The van der Waals surface area contributed by atoms with Crippen molar-refractivity contribution in [1.82, 2.24) is 4.72 Å². The van der Waals surface area contributed by atoms with Crippen molar-refractivity contribution in [1.29, 1.82) is 0 Å². The summed E-state index contributed by atoms with van der Waals surface area (Å²) >= 11 is 0. The molecular formula is C9H11F2NO3S. The van der Waals surface area contributed by atoms with Gasteiger partial charge in [-0.05, 0) is 12.1 Å². The Labute approximate surface area is 92.3 Å². The van der Waals surface area contributed by atoms with Gasteiger partial charge in [0, 0.05) is 19.7 Å². The summed E-state index contributed by atoms with van der Waals surface area (Å²) < 4.78 is 55.4. The van der Waals surface area contributed by atoms with Crippen molar-refractivity contribution in [2.24, 2.45) is 0 Å². The molecule has 0 amide bonds. The van der Waals surface area contributed by atoms with Crippen LogP contribution in [0.1, 0.15) is 0 Å². The molecule has 0 atom stereocenters. The molecule has 0 aliphatic rings. The van der Waals surface area contributed by atoms with Crippen molar-refractivity contribution < 1.29 is 21.9 Å². The Kier molecular flexibility index (Phi) is 4.34. The highest BCUT2D eigenvalue weighted by Crippen LogP contribution is 2.12. The average molecular weight is 251 g/mol. The summed E-state index contributed by atoms with van der Waals surface area (Å²) in [7, 11) is -2.47. The molecule has 0 radical (unpaired) electrons. The summed E-state index contributed by atoms with van der Waals surface area (Å²) in [5.41, 5.74) is 0. The van der Waals surface area contributed by atoms with E-state index in [-0.39, 0.29) is 13.2 Å². The average Bonchev–Trinajstić information content (AvgIpc) is 2.16. The SMILES string of the molecule is COCCNS(=O)(=O)c1cc(F)cc(F)c1. The first kappa shape index (κ1) is 13.0. The zero-order valence-corrected chi connectivity index (χ0v) is 9.35. The van der Waals surface area contributed by atoms with Crippen LogP contribution < -0.4 is 4.72 Å². The molecular weight excluding hydrogens is 240 g/mol. The molecule has 1 aromatic rings. The molecule has 4 nitrogen and oxygen atoms in total. The van der Waals surface area contributed by atoms with Crippen molar-refractivity contribution in [2.45, 2.75) is 4.90 Å². The van der Waals surface area contributed by atoms with E-state index in [4.69, 9.17) is 0 Å². The number of hydrogen-bond donors (Lipinski definition) is 1. The highest BCUT2D eigenvalue weighted by Gasteiger charge is 2.15. The summed E-state index contributed by atoms with van der Waals surface area (Å²) in [5, 5.41) is 0. The van der Waals surface area contributed by atoms with Gasteiger partial charge >= 0.3 is 0 Å². The van der Waals surface area contributed by atoms with Gasteiger partial charge in [0.05, 0.1) is 11.5 Å². The van der Waals surface area contributed by atoms with Gasteiger partial charge in [-0.1, -0.05) is 0 Å². The van der Waals surface area contributed by atoms with Crippen LogP contribution in [0.5, 0.6) is 0 Å². The second kappa shape index (κ2) is 5.33. The maximum Gasteiger partial charge on any atom is 0.240 e. The van der Waals surface area contributed by atoms with Crippen LogP contribution in [0.15, 0.2) is 23.1 Å². The molecule has 0 unspecified atom stereocenters. The topological polar surface area (TPSA) is 55.4 Å². The molecule has 1 aromatic carbocycles. The second-order valence-corrected chi connectivity index (χ2v) is 4.76. The van der Waals surface area contributed by atoms with Crippen molar-refractivity contribution in [2.75, 3.05) is 20.3 Å². The largest absolute Gasteiger partial charge is 0.383 e. The van der Waals surface area contributed by atoms with Crippen LogP contribution in [0.25, 0.3) is 0 Å². The van der Waals surface area contributed by atoms with E-state index in [0.29, 0.717) is 6.07 Å². The molecule has 0 saturated carbocycles. The highest BCUT2D eigenvalue weighted by atomic mass is 32.2. The van der Waals surface area contributed by atoms with Gasteiger partial charge in [-0.25, -0.2) is 21.9 Å². The Morgan fingerprint density at radius 3 is 2.31 bits per heavy atom. The fourth-order valence-electron chi connectivity index (χ4n) is 1.05. The normalized spacial score (nSPS) is 11.7. The summed E-state index contributed by atoms with van der Waals surface area (Å²) in [6.45, 7) is 0.216. The van der Waals surface area contributed by atoms with Gasteiger partial charge in [0.1, 0.15) is 11.6 Å². The molecule has 0 saturated heterocycles. The summed E-state index contributed by atoms with van der Waals surface area (Å²) in [6, 6.07) is 2.10.